The maximum Gasteiger partial charge on any atom is 0.246 e. The van der Waals surface area contributed by atoms with E-state index in [4.69, 9.17) is 6.42 Å². The van der Waals surface area contributed by atoms with E-state index in [9.17, 15) is 4.79 Å². The van der Waals surface area contributed by atoms with Crippen LogP contribution in [0.1, 0.15) is 11.1 Å². The molecule has 0 atom stereocenters. The van der Waals surface area contributed by atoms with E-state index in [0.717, 1.165) is 29.9 Å². The highest BCUT2D eigenvalue weighted by Gasteiger charge is 2.23. The number of rotatable bonds is 3. The lowest BCUT2D eigenvalue weighted by Crippen LogP contribution is -2.34. The Morgan fingerprint density at radius 2 is 2.10 bits per heavy atom. The number of hydrogen-bond acceptors (Lipinski definition) is 2. The van der Waals surface area contributed by atoms with Gasteiger partial charge in [0.05, 0.1) is 6.54 Å². The second-order valence-corrected chi connectivity index (χ2v) is 5.00. The molecule has 0 saturated heterocycles. The topological polar surface area (TPSA) is 32.3 Å². The molecule has 0 fully saturated rings. The Balaban J connectivity index is 1.67. The zero-order chi connectivity index (χ0) is 14.7. The van der Waals surface area contributed by atoms with Gasteiger partial charge in [0.2, 0.25) is 5.91 Å². The normalized spacial score (nSPS) is 12.6. The number of terminal acetylenes is 1. The van der Waals surface area contributed by atoms with Gasteiger partial charge in [0.1, 0.15) is 0 Å². The Morgan fingerprint density at radius 1 is 1.24 bits per heavy atom. The molecule has 21 heavy (non-hydrogen) atoms. The number of carbonyl (C=O) groups is 1. The van der Waals surface area contributed by atoms with Crippen molar-refractivity contribution in [1.82, 2.24) is 0 Å². The van der Waals surface area contributed by atoms with E-state index >= 15 is 0 Å². The Bertz CT molecular complexity index is 715. The third-order valence-corrected chi connectivity index (χ3v) is 3.66. The molecule has 1 aliphatic rings. The highest BCUT2D eigenvalue weighted by Crippen LogP contribution is 2.27. The molecule has 1 amide bonds. The van der Waals surface area contributed by atoms with E-state index in [1.165, 1.54) is 5.56 Å². The number of fused-ring (bicyclic) bond motifs is 1. The molecular weight excluding hydrogens is 260 g/mol. The van der Waals surface area contributed by atoms with Gasteiger partial charge in [-0.1, -0.05) is 30.2 Å². The van der Waals surface area contributed by atoms with Crippen LogP contribution in [-0.2, 0) is 11.2 Å². The van der Waals surface area contributed by atoms with Crippen molar-refractivity contribution in [2.45, 2.75) is 6.42 Å². The maximum atomic E-state index is 12.4. The fourth-order valence-corrected chi connectivity index (χ4v) is 2.59. The molecule has 0 aromatic heterocycles. The van der Waals surface area contributed by atoms with Crippen LogP contribution in [0.15, 0.2) is 48.5 Å². The predicted molar refractivity (Wildman–Crippen MR) is 85.4 cm³/mol. The van der Waals surface area contributed by atoms with Crippen molar-refractivity contribution in [3.05, 3.63) is 59.7 Å². The van der Waals surface area contributed by atoms with Crippen LogP contribution in [0.3, 0.4) is 0 Å². The summed E-state index contributed by atoms with van der Waals surface area (Å²) >= 11 is 0. The van der Waals surface area contributed by atoms with Gasteiger partial charge in [0.25, 0.3) is 0 Å². The maximum absolute atomic E-state index is 12.4. The first kappa shape index (κ1) is 13.3. The van der Waals surface area contributed by atoms with Crippen molar-refractivity contribution in [2.75, 3.05) is 23.3 Å². The summed E-state index contributed by atoms with van der Waals surface area (Å²) in [5, 5.41) is 3.14. The number of amides is 1. The molecule has 0 spiro atoms. The quantitative estimate of drug-likeness (QED) is 0.874. The van der Waals surface area contributed by atoms with Crippen LogP contribution < -0.4 is 10.2 Å². The van der Waals surface area contributed by atoms with Crippen LogP contribution >= 0.6 is 0 Å². The molecule has 104 valence electrons. The second kappa shape index (κ2) is 5.72. The van der Waals surface area contributed by atoms with Gasteiger partial charge in [0.15, 0.2) is 0 Å². The van der Waals surface area contributed by atoms with Crippen LogP contribution in [-0.4, -0.2) is 19.0 Å². The highest BCUT2D eigenvalue weighted by atomic mass is 16.2. The van der Waals surface area contributed by atoms with E-state index in [1.54, 1.807) is 0 Å². The molecule has 3 rings (SSSR count). The average molecular weight is 276 g/mol. The third kappa shape index (κ3) is 2.75. The van der Waals surface area contributed by atoms with E-state index in [2.05, 4.69) is 17.3 Å². The first-order valence-electron chi connectivity index (χ1n) is 6.97. The first-order chi connectivity index (χ1) is 10.3. The van der Waals surface area contributed by atoms with Gasteiger partial charge in [-0.05, 0) is 36.2 Å². The summed E-state index contributed by atoms with van der Waals surface area (Å²) < 4.78 is 0. The molecule has 1 N–H and O–H groups in total. The van der Waals surface area contributed by atoms with Gasteiger partial charge in [-0.15, -0.1) is 6.42 Å². The Hall–Kier alpha value is -2.73. The van der Waals surface area contributed by atoms with Crippen molar-refractivity contribution in [2.24, 2.45) is 0 Å². The summed E-state index contributed by atoms with van der Waals surface area (Å²) in [7, 11) is 0. The Kier molecular flexibility index (Phi) is 3.61. The lowest BCUT2D eigenvalue weighted by atomic mass is 10.2. The summed E-state index contributed by atoms with van der Waals surface area (Å²) in [6, 6.07) is 15.6. The number of hydrogen-bond donors (Lipinski definition) is 1. The molecule has 0 saturated carbocycles. The van der Waals surface area contributed by atoms with Crippen molar-refractivity contribution in [3.8, 4) is 12.3 Å². The van der Waals surface area contributed by atoms with Crippen molar-refractivity contribution < 1.29 is 4.79 Å². The Morgan fingerprint density at radius 3 is 2.95 bits per heavy atom. The van der Waals surface area contributed by atoms with E-state index in [-0.39, 0.29) is 12.5 Å². The van der Waals surface area contributed by atoms with Gasteiger partial charge in [-0.3, -0.25) is 4.79 Å². The van der Waals surface area contributed by atoms with Gasteiger partial charge in [-0.2, -0.15) is 0 Å². The zero-order valence-electron chi connectivity index (χ0n) is 11.7. The van der Waals surface area contributed by atoms with Crippen LogP contribution in [0.4, 0.5) is 11.4 Å². The SMILES string of the molecule is C#Cc1cccc(NCC(=O)N2CCc3ccccc32)c1. The summed E-state index contributed by atoms with van der Waals surface area (Å²) in [6.45, 7) is 1.02. The lowest BCUT2D eigenvalue weighted by Gasteiger charge is -2.18. The molecule has 2 aromatic rings. The molecule has 1 aliphatic heterocycles. The van der Waals surface area contributed by atoms with Gasteiger partial charge in [0, 0.05) is 23.5 Å². The highest BCUT2D eigenvalue weighted by molar-refractivity contribution is 5.98. The van der Waals surface area contributed by atoms with Crippen LogP contribution in [0, 0.1) is 12.3 Å². The molecule has 0 bridgehead atoms. The summed E-state index contributed by atoms with van der Waals surface area (Å²) in [6.07, 6.45) is 6.30. The molecule has 0 radical (unpaired) electrons. The number of para-hydroxylation sites is 1. The number of anilines is 2. The summed E-state index contributed by atoms with van der Waals surface area (Å²) in [5.41, 5.74) is 3.94. The molecule has 1 heterocycles. The lowest BCUT2D eigenvalue weighted by molar-refractivity contribution is -0.116. The Labute approximate surface area is 124 Å². The van der Waals surface area contributed by atoms with Gasteiger partial charge >= 0.3 is 0 Å². The fraction of sp³-hybridized carbons (Fsp3) is 0.167. The van der Waals surface area contributed by atoms with Crippen LogP contribution in [0.5, 0.6) is 0 Å². The fourth-order valence-electron chi connectivity index (χ4n) is 2.59. The van der Waals surface area contributed by atoms with Crippen molar-refractivity contribution in [1.29, 1.82) is 0 Å². The van der Waals surface area contributed by atoms with Crippen LogP contribution in [0.25, 0.3) is 0 Å². The minimum absolute atomic E-state index is 0.0751. The largest absolute Gasteiger partial charge is 0.376 e. The number of carbonyl (C=O) groups excluding carboxylic acids is 1. The minimum Gasteiger partial charge on any atom is -0.376 e. The predicted octanol–water partition coefficient (Wildman–Crippen LogP) is 2.67. The molecule has 0 aliphatic carbocycles. The molecule has 3 nitrogen and oxygen atoms in total. The van der Waals surface area contributed by atoms with E-state index < -0.39 is 0 Å². The minimum atomic E-state index is 0.0751. The molecule has 0 unspecified atom stereocenters. The number of nitrogens with one attached hydrogen (secondary N) is 1. The summed E-state index contributed by atoms with van der Waals surface area (Å²) in [4.78, 5) is 14.2. The molecule has 2 aromatic carbocycles. The van der Waals surface area contributed by atoms with Gasteiger partial charge < -0.3 is 10.2 Å². The average Bonchev–Trinajstić information content (AvgIpc) is 2.97. The third-order valence-electron chi connectivity index (χ3n) is 3.66. The first-order valence-corrected chi connectivity index (χ1v) is 6.97. The van der Waals surface area contributed by atoms with E-state index in [1.807, 2.05) is 47.4 Å². The second-order valence-electron chi connectivity index (χ2n) is 5.00. The van der Waals surface area contributed by atoms with E-state index in [0.29, 0.717) is 0 Å². The number of nitrogens with zero attached hydrogens (tertiary/aromatic N) is 1. The molecule has 3 heteroatoms. The molecular formula is C18H16N2O. The number of benzene rings is 2. The van der Waals surface area contributed by atoms with Crippen molar-refractivity contribution >= 4 is 17.3 Å². The van der Waals surface area contributed by atoms with Crippen molar-refractivity contribution in [3.63, 3.8) is 0 Å². The smallest absolute Gasteiger partial charge is 0.246 e. The summed E-state index contributed by atoms with van der Waals surface area (Å²) in [5.74, 6) is 2.66. The zero-order valence-corrected chi connectivity index (χ0v) is 11.7. The standard InChI is InChI=1S/C18H16N2O/c1-2-14-6-5-8-16(12-14)19-13-18(21)20-11-10-15-7-3-4-9-17(15)20/h1,3-9,12,19H,10-11,13H2. The van der Waals surface area contributed by atoms with Gasteiger partial charge in [-0.25, -0.2) is 0 Å². The monoisotopic (exact) mass is 276 g/mol. The van der Waals surface area contributed by atoms with Crippen LogP contribution in [0.2, 0.25) is 0 Å².